The summed E-state index contributed by atoms with van der Waals surface area (Å²) in [5, 5.41) is 9.56. The molecule has 17 heavy (non-hydrogen) atoms. The molecular formula is C12H15BrN2O2. The van der Waals surface area contributed by atoms with Crippen LogP contribution in [0.5, 0.6) is 5.75 Å². The van der Waals surface area contributed by atoms with E-state index >= 15 is 0 Å². The van der Waals surface area contributed by atoms with Crippen LogP contribution in [0.25, 0.3) is 0 Å². The summed E-state index contributed by atoms with van der Waals surface area (Å²) in [7, 11) is 2.05. The monoisotopic (exact) mass is 298 g/mol. The van der Waals surface area contributed by atoms with Crippen LogP contribution in [0.1, 0.15) is 10.4 Å². The maximum Gasteiger partial charge on any atom is 0.254 e. The summed E-state index contributed by atoms with van der Waals surface area (Å²) in [6.45, 7) is 3.28. The summed E-state index contributed by atoms with van der Waals surface area (Å²) in [5.41, 5.74) is 0.537. The summed E-state index contributed by atoms with van der Waals surface area (Å²) >= 11 is 3.20. The van der Waals surface area contributed by atoms with E-state index in [0.717, 1.165) is 26.2 Å². The van der Waals surface area contributed by atoms with Crippen molar-refractivity contribution in [2.24, 2.45) is 0 Å². The number of aromatic hydroxyl groups is 1. The number of halogens is 1. The lowest BCUT2D eigenvalue weighted by Crippen LogP contribution is -2.47. The predicted molar refractivity (Wildman–Crippen MR) is 69.2 cm³/mol. The van der Waals surface area contributed by atoms with Crippen molar-refractivity contribution >= 4 is 21.8 Å². The largest absolute Gasteiger partial charge is 0.507 e. The molecule has 1 amide bonds. The summed E-state index contributed by atoms with van der Waals surface area (Å²) in [4.78, 5) is 16.2. The van der Waals surface area contributed by atoms with E-state index < -0.39 is 0 Å². The smallest absolute Gasteiger partial charge is 0.254 e. The highest BCUT2D eigenvalue weighted by atomic mass is 79.9. The fourth-order valence-corrected chi connectivity index (χ4v) is 2.08. The van der Waals surface area contributed by atoms with Gasteiger partial charge in [-0.3, -0.25) is 4.79 Å². The van der Waals surface area contributed by atoms with Gasteiger partial charge in [-0.25, -0.2) is 0 Å². The molecule has 0 unspecified atom stereocenters. The molecule has 1 N–H and O–H groups in total. The Bertz CT molecular complexity index is 429. The van der Waals surface area contributed by atoms with E-state index in [2.05, 4.69) is 20.8 Å². The van der Waals surface area contributed by atoms with E-state index in [-0.39, 0.29) is 11.7 Å². The Balaban J connectivity index is 2.11. The van der Waals surface area contributed by atoms with Gasteiger partial charge >= 0.3 is 0 Å². The van der Waals surface area contributed by atoms with Crippen LogP contribution in [0.4, 0.5) is 0 Å². The van der Waals surface area contributed by atoms with Crippen molar-refractivity contribution in [2.75, 3.05) is 33.2 Å². The third-order valence-corrected chi connectivity index (χ3v) is 3.65. The van der Waals surface area contributed by atoms with Gasteiger partial charge < -0.3 is 14.9 Å². The molecular weight excluding hydrogens is 284 g/mol. The van der Waals surface area contributed by atoms with Crippen LogP contribution >= 0.6 is 15.9 Å². The minimum Gasteiger partial charge on any atom is -0.507 e. The van der Waals surface area contributed by atoms with Crippen molar-refractivity contribution in [1.29, 1.82) is 0 Å². The SMILES string of the molecule is CN1CCN(C(=O)c2ccc(Br)c(O)c2)CC1. The lowest BCUT2D eigenvalue weighted by atomic mass is 10.1. The Hall–Kier alpha value is -1.07. The van der Waals surface area contributed by atoms with Gasteiger partial charge in [-0.1, -0.05) is 0 Å². The van der Waals surface area contributed by atoms with Crippen LogP contribution in [0.15, 0.2) is 22.7 Å². The fraction of sp³-hybridized carbons (Fsp3) is 0.417. The zero-order valence-corrected chi connectivity index (χ0v) is 11.3. The molecule has 92 valence electrons. The molecule has 1 aliphatic rings. The van der Waals surface area contributed by atoms with Crippen molar-refractivity contribution in [3.63, 3.8) is 0 Å². The third-order valence-electron chi connectivity index (χ3n) is 2.98. The standard InChI is InChI=1S/C12H15BrN2O2/c1-14-4-6-15(7-5-14)12(17)9-2-3-10(13)11(16)8-9/h2-3,8,16H,4-7H2,1H3. The molecule has 1 fully saturated rings. The Morgan fingerprint density at radius 2 is 1.94 bits per heavy atom. The fourth-order valence-electron chi connectivity index (χ4n) is 1.84. The number of nitrogens with zero attached hydrogens (tertiary/aromatic N) is 2. The third kappa shape index (κ3) is 2.79. The number of piperazine rings is 1. The van der Waals surface area contributed by atoms with Gasteiger partial charge in [0.15, 0.2) is 0 Å². The molecule has 1 aromatic rings. The molecule has 0 saturated carbocycles. The van der Waals surface area contributed by atoms with E-state index in [1.807, 2.05) is 11.9 Å². The van der Waals surface area contributed by atoms with E-state index in [4.69, 9.17) is 0 Å². The normalized spacial score (nSPS) is 17.2. The van der Waals surface area contributed by atoms with Crippen molar-refractivity contribution in [3.8, 4) is 5.75 Å². The molecule has 0 radical (unpaired) electrons. The molecule has 0 aliphatic carbocycles. The second-order valence-electron chi connectivity index (χ2n) is 4.26. The summed E-state index contributed by atoms with van der Waals surface area (Å²) in [6.07, 6.45) is 0. The van der Waals surface area contributed by atoms with Crippen LogP contribution in [0.2, 0.25) is 0 Å². The topological polar surface area (TPSA) is 43.8 Å². The van der Waals surface area contributed by atoms with Crippen LogP contribution in [-0.4, -0.2) is 54.0 Å². The van der Waals surface area contributed by atoms with Gasteiger partial charge in [0.2, 0.25) is 0 Å². The van der Waals surface area contributed by atoms with Gasteiger partial charge in [0.05, 0.1) is 4.47 Å². The van der Waals surface area contributed by atoms with E-state index in [0.29, 0.717) is 10.0 Å². The maximum atomic E-state index is 12.2. The lowest BCUT2D eigenvalue weighted by Gasteiger charge is -2.32. The Morgan fingerprint density at radius 1 is 1.29 bits per heavy atom. The Labute approximate surface area is 109 Å². The van der Waals surface area contributed by atoms with Crippen molar-refractivity contribution in [3.05, 3.63) is 28.2 Å². The maximum absolute atomic E-state index is 12.2. The summed E-state index contributed by atoms with van der Waals surface area (Å²) in [6, 6.07) is 4.92. The average Bonchev–Trinajstić information content (AvgIpc) is 2.33. The highest BCUT2D eigenvalue weighted by Gasteiger charge is 2.20. The molecule has 0 atom stereocenters. The van der Waals surface area contributed by atoms with Gasteiger partial charge in [0.25, 0.3) is 5.91 Å². The van der Waals surface area contributed by atoms with Gasteiger partial charge in [-0.2, -0.15) is 0 Å². The number of likely N-dealkylation sites (N-methyl/N-ethyl adjacent to an activating group) is 1. The number of carbonyl (C=O) groups excluding carboxylic acids is 1. The number of phenols is 1. The molecule has 1 heterocycles. The molecule has 0 spiro atoms. The van der Waals surface area contributed by atoms with Crippen molar-refractivity contribution in [2.45, 2.75) is 0 Å². The lowest BCUT2D eigenvalue weighted by molar-refractivity contribution is 0.0663. The van der Waals surface area contributed by atoms with Crippen LogP contribution in [0.3, 0.4) is 0 Å². The van der Waals surface area contributed by atoms with Crippen LogP contribution < -0.4 is 0 Å². The number of benzene rings is 1. The molecule has 0 bridgehead atoms. The van der Waals surface area contributed by atoms with Gasteiger partial charge in [0.1, 0.15) is 5.75 Å². The first kappa shape index (κ1) is 12.4. The number of amides is 1. The van der Waals surface area contributed by atoms with E-state index in [9.17, 15) is 9.90 Å². The molecule has 1 aliphatic heterocycles. The molecule has 1 aromatic carbocycles. The number of hydrogen-bond acceptors (Lipinski definition) is 3. The number of carbonyl (C=O) groups is 1. The molecule has 1 saturated heterocycles. The average molecular weight is 299 g/mol. The summed E-state index contributed by atoms with van der Waals surface area (Å²) in [5.74, 6) is 0.0888. The second kappa shape index (κ2) is 5.06. The molecule has 2 rings (SSSR count). The first-order chi connectivity index (χ1) is 8.08. The number of hydrogen-bond donors (Lipinski definition) is 1. The molecule has 0 aromatic heterocycles. The Morgan fingerprint density at radius 3 is 2.53 bits per heavy atom. The van der Waals surface area contributed by atoms with E-state index in [1.54, 1.807) is 12.1 Å². The second-order valence-corrected chi connectivity index (χ2v) is 5.12. The van der Waals surface area contributed by atoms with Gasteiger partial charge in [0, 0.05) is 31.7 Å². The van der Waals surface area contributed by atoms with Gasteiger partial charge in [-0.05, 0) is 41.2 Å². The molecule has 4 nitrogen and oxygen atoms in total. The highest BCUT2D eigenvalue weighted by molar-refractivity contribution is 9.10. The predicted octanol–water partition coefficient (Wildman–Crippen LogP) is 1.54. The minimum atomic E-state index is -0.0131. The van der Waals surface area contributed by atoms with E-state index in [1.165, 1.54) is 6.07 Å². The quantitative estimate of drug-likeness (QED) is 0.855. The first-order valence-corrected chi connectivity index (χ1v) is 6.33. The molecule has 5 heteroatoms. The van der Waals surface area contributed by atoms with Crippen molar-refractivity contribution in [1.82, 2.24) is 9.80 Å². The van der Waals surface area contributed by atoms with Crippen LogP contribution in [-0.2, 0) is 0 Å². The van der Waals surface area contributed by atoms with Gasteiger partial charge in [-0.15, -0.1) is 0 Å². The van der Waals surface area contributed by atoms with Crippen LogP contribution in [0, 0.1) is 0 Å². The van der Waals surface area contributed by atoms with Crippen molar-refractivity contribution < 1.29 is 9.90 Å². The first-order valence-electron chi connectivity index (χ1n) is 5.54. The number of phenolic OH excluding ortho intramolecular Hbond substituents is 1. The number of rotatable bonds is 1. The zero-order chi connectivity index (χ0) is 12.4. The zero-order valence-electron chi connectivity index (χ0n) is 9.69. The Kier molecular flexibility index (Phi) is 3.69. The summed E-state index contributed by atoms with van der Waals surface area (Å²) < 4.78 is 0.604. The minimum absolute atomic E-state index is 0.0131. The highest BCUT2D eigenvalue weighted by Crippen LogP contribution is 2.25.